The van der Waals surface area contributed by atoms with Crippen molar-refractivity contribution in [1.29, 1.82) is 0 Å². The Kier molecular flexibility index (Phi) is 7.28. The van der Waals surface area contributed by atoms with Crippen molar-refractivity contribution in [3.05, 3.63) is 62.5 Å². The van der Waals surface area contributed by atoms with Crippen LogP contribution in [0, 0.1) is 16.0 Å². The van der Waals surface area contributed by atoms with Crippen LogP contribution in [0.25, 0.3) is 0 Å². The molecule has 2 aromatic rings. The topological polar surface area (TPSA) is 98.5 Å². The molecule has 1 atom stereocenters. The van der Waals surface area contributed by atoms with Gasteiger partial charge in [0.05, 0.1) is 11.0 Å². The van der Waals surface area contributed by atoms with Crippen LogP contribution in [0.5, 0.6) is 0 Å². The molecule has 150 valence electrons. The Morgan fingerprint density at radius 3 is 2.18 bits per heavy atom. The normalized spacial score (nSPS) is 12.1. The van der Waals surface area contributed by atoms with E-state index in [0.717, 1.165) is 5.56 Å². The van der Waals surface area contributed by atoms with Gasteiger partial charge in [0.25, 0.3) is 5.91 Å². The number of rotatable bonds is 8. The van der Waals surface area contributed by atoms with E-state index in [1.807, 2.05) is 38.1 Å². The van der Waals surface area contributed by atoms with Crippen LogP contribution in [-0.2, 0) is 9.53 Å². The van der Waals surface area contributed by atoms with Crippen molar-refractivity contribution in [2.45, 2.75) is 39.7 Å². The zero-order valence-corrected chi connectivity index (χ0v) is 17.1. The SMILES string of the molecule is CC(C)c1ccc([C@H](NC(=O)COC(=O)c2ccc([N+](=O)[O-])s2)C(C)C)cc1. The molecular weight excluding hydrogens is 380 g/mol. The third-order valence-corrected chi connectivity index (χ3v) is 5.27. The molecule has 0 aliphatic heterocycles. The highest BCUT2D eigenvalue weighted by molar-refractivity contribution is 7.17. The van der Waals surface area contributed by atoms with Gasteiger partial charge in [-0.2, -0.15) is 0 Å². The van der Waals surface area contributed by atoms with Gasteiger partial charge in [0.2, 0.25) is 0 Å². The summed E-state index contributed by atoms with van der Waals surface area (Å²) in [5.41, 5.74) is 2.20. The Hall–Kier alpha value is -2.74. The quantitative estimate of drug-likeness (QED) is 0.398. The lowest BCUT2D eigenvalue weighted by molar-refractivity contribution is -0.380. The fraction of sp³-hybridized carbons (Fsp3) is 0.400. The number of benzene rings is 1. The van der Waals surface area contributed by atoms with Gasteiger partial charge < -0.3 is 10.1 Å². The molecule has 0 radical (unpaired) electrons. The molecule has 0 fully saturated rings. The third kappa shape index (κ3) is 5.63. The van der Waals surface area contributed by atoms with Gasteiger partial charge in [-0.15, -0.1) is 0 Å². The van der Waals surface area contributed by atoms with E-state index < -0.39 is 23.4 Å². The molecule has 1 aromatic heterocycles. The van der Waals surface area contributed by atoms with Gasteiger partial charge in [0.15, 0.2) is 6.61 Å². The van der Waals surface area contributed by atoms with Crippen LogP contribution in [0.4, 0.5) is 5.00 Å². The first-order valence-electron chi connectivity index (χ1n) is 8.99. The summed E-state index contributed by atoms with van der Waals surface area (Å²) in [4.78, 5) is 34.4. The van der Waals surface area contributed by atoms with E-state index in [0.29, 0.717) is 17.3 Å². The molecule has 0 aliphatic rings. The summed E-state index contributed by atoms with van der Waals surface area (Å²) < 4.78 is 4.99. The van der Waals surface area contributed by atoms with Crippen molar-refractivity contribution >= 4 is 28.2 Å². The first-order valence-corrected chi connectivity index (χ1v) is 9.81. The molecule has 0 saturated heterocycles. The standard InChI is InChI=1S/C20H24N2O5S/c1-12(2)14-5-7-15(8-6-14)19(13(3)4)21-17(23)11-27-20(24)16-9-10-18(28-16)22(25)26/h5-10,12-13,19H,11H2,1-4H3,(H,21,23)/t19-/m1/s1. The zero-order valence-electron chi connectivity index (χ0n) is 16.3. The molecule has 0 unspecified atom stereocenters. The van der Waals surface area contributed by atoms with Gasteiger partial charge >= 0.3 is 11.0 Å². The van der Waals surface area contributed by atoms with E-state index in [1.54, 1.807) is 0 Å². The molecule has 0 bridgehead atoms. The van der Waals surface area contributed by atoms with Crippen LogP contribution in [0.2, 0.25) is 0 Å². The van der Waals surface area contributed by atoms with Gasteiger partial charge in [0, 0.05) is 6.07 Å². The maximum atomic E-state index is 12.3. The first kappa shape index (κ1) is 21.6. The summed E-state index contributed by atoms with van der Waals surface area (Å²) in [6, 6.07) is 10.4. The number of carbonyl (C=O) groups is 2. The number of nitro groups is 1. The molecule has 1 amide bonds. The highest BCUT2D eigenvalue weighted by atomic mass is 32.1. The number of amides is 1. The van der Waals surface area contributed by atoms with Crippen LogP contribution in [0.1, 0.15) is 60.5 Å². The maximum absolute atomic E-state index is 12.3. The predicted molar refractivity (Wildman–Crippen MR) is 108 cm³/mol. The molecule has 2 rings (SSSR count). The van der Waals surface area contributed by atoms with Gasteiger partial charge in [-0.3, -0.25) is 14.9 Å². The van der Waals surface area contributed by atoms with E-state index in [-0.39, 0.29) is 21.8 Å². The summed E-state index contributed by atoms with van der Waals surface area (Å²) in [6.45, 7) is 7.79. The molecule has 0 saturated carbocycles. The number of ether oxygens (including phenoxy) is 1. The molecule has 1 heterocycles. The van der Waals surface area contributed by atoms with E-state index in [9.17, 15) is 19.7 Å². The van der Waals surface area contributed by atoms with Crippen molar-refractivity contribution in [2.24, 2.45) is 5.92 Å². The fourth-order valence-corrected chi connectivity index (χ4v) is 3.39. The van der Waals surface area contributed by atoms with Gasteiger partial charge in [-0.1, -0.05) is 63.3 Å². The van der Waals surface area contributed by atoms with E-state index in [1.165, 1.54) is 17.7 Å². The smallest absolute Gasteiger partial charge is 0.349 e. The van der Waals surface area contributed by atoms with Crippen LogP contribution in [0.3, 0.4) is 0 Å². The van der Waals surface area contributed by atoms with Crippen molar-refractivity contribution < 1.29 is 19.2 Å². The van der Waals surface area contributed by atoms with Crippen molar-refractivity contribution in [2.75, 3.05) is 6.61 Å². The monoisotopic (exact) mass is 404 g/mol. The third-order valence-electron chi connectivity index (χ3n) is 4.25. The highest BCUT2D eigenvalue weighted by Gasteiger charge is 2.21. The Morgan fingerprint density at radius 2 is 1.68 bits per heavy atom. The van der Waals surface area contributed by atoms with E-state index in [2.05, 4.69) is 19.2 Å². The number of esters is 1. The molecule has 7 nitrogen and oxygen atoms in total. The average molecular weight is 404 g/mol. The lowest BCUT2D eigenvalue weighted by Crippen LogP contribution is -2.35. The summed E-state index contributed by atoms with van der Waals surface area (Å²) in [5, 5.41) is 13.4. The van der Waals surface area contributed by atoms with E-state index in [4.69, 9.17) is 4.74 Å². The minimum Gasteiger partial charge on any atom is -0.451 e. The second kappa shape index (κ2) is 9.45. The van der Waals surface area contributed by atoms with Gasteiger partial charge in [0.1, 0.15) is 4.88 Å². The lowest BCUT2D eigenvalue weighted by atomic mass is 9.93. The van der Waals surface area contributed by atoms with Gasteiger partial charge in [-0.25, -0.2) is 4.79 Å². The van der Waals surface area contributed by atoms with Crippen molar-refractivity contribution in [3.8, 4) is 0 Å². The summed E-state index contributed by atoms with van der Waals surface area (Å²) in [5.74, 6) is -0.611. The minimum absolute atomic E-state index is 0.0872. The summed E-state index contributed by atoms with van der Waals surface area (Å²) in [7, 11) is 0. The van der Waals surface area contributed by atoms with Crippen LogP contribution in [0.15, 0.2) is 36.4 Å². The number of nitrogens with one attached hydrogen (secondary N) is 1. The van der Waals surface area contributed by atoms with Crippen LogP contribution >= 0.6 is 11.3 Å². The fourth-order valence-electron chi connectivity index (χ4n) is 2.68. The number of thiophene rings is 1. The maximum Gasteiger partial charge on any atom is 0.349 e. The molecule has 0 aliphatic carbocycles. The first-order chi connectivity index (χ1) is 13.2. The lowest BCUT2D eigenvalue weighted by Gasteiger charge is -2.23. The molecule has 8 heteroatoms. The Balaban J connectivity index is 1.96. The van der Waals surface area contributed by atoms with E-state index >= 15 is 0 Å². The minimum atomic E-state index is -0.754. The van der Waals surface area contributed by atoms with Crippen LogP contribution < -0.4 is 5.32 Å². The number of hydrogen-bond donors (Lipinski definition) is 1. The largest absolute Gasteiger partial charge is 0.451 e. The number of carbonyl (C=O) groups excluding carboxylic acids is 2. The Morgan fingerprint density at radius 1 is 1.07 bits per heavy atom. The second-order valence-electron chi connectivity index (χ2n) is 7.08. The average Bonchev–Trinajstić information content (AvgIpc) is 3.14. The molecular formula is C20H24N2O5S. The second-order valence-corrected chi connectivity index (χ2v) is 8.14. The summed E-state index contributed by atoms with van der Waals surface area (Å²) >= 11 is 0.715. The Bertz CT molecular complexity index is 843. The van der Waals surface area contributed by atoms with Crippen molar-refractivity contribution in [3.63, 3.8) is 0 Å². The number of hydrogen-bond acceptors (Lipinski definition) is 6. The number of nitrogens with zero attached hydrogens (tertiary/aromatic N) is 1. The Labute approximate surface area is 167 Å². The van der Waals surface area contributed by atoms with Gasteiger partial charge in [-0.05, 0) is 29.0 Å². The molecule has 0 spiro atoms. The highest BCUT2D eigenvalue weighted by Crippen LogP contribution is 2.25. The predicted octanol–water partition coefficient (Wildman–Crippen LogP) is 4.45. The molecule has 1 N–H and O–H groups in total. The zero-order chi connectivity index (χ0) is 20.8. The van der Waals surface area contributed by atoms with Crippen LogP contribution in [-0.4, -0.2) is 23.4 Å². The van der Waals surface area contributed by atoms with Crippen molar-refractivity contribution in [1.82, 2.24) is 5.32 Å². The molecule has 1 aromatic carbocycles. The summed E-state index contributed by atoms with van der Waals surface area (Å²) in [6.07, 6.45) is 0. The molecule has 28 heavy (non-hydrogen) atoms.